The van der Waals surface area contributed by atoms with Gasteiger partial charge in [0.25, 0.3) is 5.91 Å². The van der Waals surface area contributed by atoms with E-state index in [0.717, 1.165) is 11.3 Å². The summed E-state index contributed by atoms with van der Waals surface area (Å²) in [7, 11) is 1.60. The number of aromatic nitrogens is 2. The summed E-state index contributed by atoms with van der Waals surface area (Å²) >= 11 is 0. The van der Waals surface area contributed by atoms with Gasteiger partial charge in [-0.2, -0.15) is 5.10 Å². The molecule has 1 N–H and O–H groups in total. The Balaban J connectivity index is 2.20. The van der Waals surface area contributed by atoms with Crippen LogP contribution < -0.4 is 10.1 Å². The molecule has 0 atom stereocenters. The molecular weight excluding hydrogens is 218 g/mol. The van der Waals surface area contributed by atoms with Crippen molar-refractivity contribution in [1.82, 2.24) is 15.1 Å². The second-order valence-electron chi connectivity index (χ2n) is 3.78. The average molecular weight is 229 g/mol. The van der Waals surface area contributed by atoms with E-state index < -0.39 is 0 Å². The minimum absolute atomic E-state index is 0.0941. The van der Waals surface area contributed by atoms with Gasteiger partial charge in [-0.1, -0.05) is 12.1 Å². The van der Waals surface area contributed by atoms with Gasteiger partial charge in [-0.05, 0) is 12.1 Å². The molecule has 0 spiro atoms. The normalized spacial score (nSPS) is 13.4. The summed E-state index contributed by atoms with van der Waals surface area (Å²) in [6, 6.07) is 7.49. The van der Waals surface area contributed by atoms with Crippen LogP contribution in [0.3, 0.4) is 0 Å². The molecule has 5 nitrogen and oxygen atoms in total. The number of hydrogen-bond donors (Lipinski definition) is 1. The van der Waals surface area contributed by atoms with Crippen LogP contribution in [0, 0.1) is 0 Å². The predicted molar refractivity (Wildman–Crippen MR) is 61.3 cm³/mol. The molecule has 0 saturated carbocycles. The van der Waals surface area contributed by atoms with Crippen molar-refractivity contribution in [3.05, 3.63) is 41.7 Å². The fourth-order valence-electron chi connectivity index (χ4n) is 2.00. The SMILES string of the molecule is COc1ccccc1-n1ncc2c1C(=O)NC2. The van der Waals surface area contributed by atoms with Gasteiger partial charge in [0.05, 0.1) is 13.3 Å². The maximum absolute atomic E-state index is 11.7. The predicted octanol–water partition coefficient (Wildman–Crippen LogP) is 1.12. The van der Waals surface area contributed by atoms with E-state index in [4.69, 9.17) is 4.74 Å². The lowest BCUT2D eigenvalue weighted by Gasteiger charge is -2.09. The van der Waals surface area contributed by atoms with Gasteiger partial charge in [0, 0.05) is 12.1 Å². The van der Waals surface area contributed by atoms with Crippen LogP contribution in [0.5, 0.6) is 5.75 Å². The van der Waals surface area contributed by atoms with Gasteiger partial charge in [0.2, 0.25) is 0 Å². The Morgan fingerprint density at radius 1 is 1.41 bits per heavy atom. The van der Waals surface area contributed by atoms with E-state index in [1.165, 1.54) is 0 Å². The third-order valence-corrected chi connectivity index (χ3v) is 2.81. The lowest BCUT2D eigenvalue weighted by molar-refractivity contribution is 0.0958. The van der Waals surface area contributed by atoms with E-state index in [-0.39, 0.29) is 5.91 Å². The summed E-state index contributed by atoms with van der Waals surface area (Å²) in [5.74, 6) is 0.599. The summed E-state index contributed by atoms with van der Waals surface area (Å²) in [4.78, 5) is 11.7. The third-order valence-electron chi connectivity index (χ3n) is 2.81. The molecule has 0 fully saturated rings. The van der Waals surface area contributed by atoms with Gasteiger partial charge in [0.15, 0.2) is 0 Å². The first-order valence-corrected chi connectivity index (χ1v) is 5.30. The Morgan fingerprint density at radius 3 is 3.06 bits per heavy atom. The van der Waals surface area contributed by atoms with Crippen molar-refractivity contribution in [3.8, 4) is 11.4 Å². The van der Waals surface area contributed by atoms with Crippen molar-refractivity contribution in [2.45, 2.75) is 6.54 Å². The van der Waals surface area contributed by atoms with E-state index in [1.54, 1.807) is 18.0 Å². The van der Waals surface area contributed by atoms with Gasteiger partial charge in [-0.15, -0.1) is 0 Å². The molecule has 1 aromatic heterocycles. The van der Waals surface area contributed by atoms with Gasteiger partial charge in [-0.3, -0.25) is 4.79 Å². The number of hydrogen-bond acceptors (Lipinski definition) is 3. The molecule has 5 heteroatoms. The molecule has 0 radical (unpaired) electrons. The summed E-state index contributed by atoms with van der Waals surface area (Å²) < 4.78 is 6.89. The van der Waals surface area contributed by atoms with Gasteiger partial charge >= 0.3 is 0 Å². The summed E-state index contributed by atoms with van der Waals surface area (Å²) in [6.07, 6.45) is 1.71. The zero-order valence-corrected chi connectivity index (χ0v) is 9.30. The summed E-state index contributed by atoms with van der Waals surface area (Å²) in [5, 5.41) is 7.01. The quantitative estimate of drug-likeness (QED) is 0.839. The number of nitrogens with one attached hydrogen (secondary N) is 1. The van der Waals surface area contributed by atoms with Crippen LogP contribution in [0.25, 0.3) is 5.69 Å². The highest BCUT2D eigenvalue weighted by Crippen LogP contribution is 2.25. The second-order valence-corrected chi connectivity index (χ2v) is 3.78. The fourth-order valence-corrected chi connectivity index (χ4v) is 2.00. The first-order valence-electron chi connectivity index (χ1n) is 5.30. The summed E-state index contributed by atoms with van der Waals surface area (Å²) in [5.41, 5.74) is 2.28. The highest BCUT2D eigenvalue weighted by atomic mass is 16.5. The van der Waals surface area contributed by atoms with Gasteiger partial charge in [0.1, 0.15) is 17.1 Å². The van der Waals surface area contributed by atoms with E-state index in [1.807, 2.05) is 24.3 Å². The van der Waals surface area contributed by atoms with Crippen LogP contribution >= 0.6 is 0 Å². The van der Waals surface area contributed by atoms with Crippen LogP contribution in [0.1, 0.15) is 16.1 Å². The van der Waals surface area contributed by atoms with E-state index in [9.17, 15) is 4.79 Å². The minimum atomic E-state index is -0.0941. The number of methoxy groups -OCH3 is 1. The number of carbonyl (C=O) groups excluding carboxylic acids is 1. The van der Waals surface area contributed by atoms with E-state index >= 15 is 0 Å². The number of ether oxygens (including phenoxy) is 1. The maximum Gasteiger partial charge on any atom is 0.270 e. The van der Waals surface area contributed by atoms with Gasteiger partial charge in [-0.25, -0.2) is 4.68 Å². The lowest BCUT2D eigenvalue weighted by atomic mass is 10.2. The fraction of sp³-hybridized carbons (Fsp3) is 0.167. The standard InChI is InChI=1S/C12H11N3O2/c1-17-10-5-3-2-4-9(10)15-11-8(7-14-15)6-13-12(11)16/h2-5,7H,6H2,1H3,(H,13,16). The topological polar surface area (TPSA) is 56.2 Å². The van der Waals surface area contributed by atoms with Crippen molar-refractivity contribution in [1.29, 1.82) is 0 Å². The van der Waals surface area contributed by atoms with Crippen LogP contribution in [0.2, 0.25) is 0 Å². The molecule has 2 heterocycles. The number of nitrogens with zero attached hydrogens (tertiary/aromatic N) is 2. The second kappa shape index (κ2) is 3.62. The highest BCUT2D eigenvalue weighted by Gasteiger charge is 2.26. The zero-order valence-electron chi connectivity index (χ0n) is 9.30. The number of fused-ring (bicyclic) bond motifs is 1. The molecule has 0 unspecified atom stereocenters. The Kier molecular flexibility index (Phi) is 2.11. The Morgan fingerprint density at radius 2 is 2.24 bits per heavy atom. The number of amides is 1. The smallest absolute Gasteiger partial charge is 0.270 e. The lowest BCUT2D eigenvalue weighted by Crippen LogP contribution is -2.17. The maximum atomic E-state index is 11.7. The van der Waals surface area contributed by atoms with Crippen molar-refractivity contribution in [2.75, 3.05) is 7.11 Å². The van der Waals surface area contributed by atoms with Crippen LogP contribution in [-0.4, -0.2) is 22.8 Å². The molecule has 17 heavy (non-hydrogen) atoms. The van der Waals surface area contributed by atoms with Gasteiger partial charge < -0.3 is 10.1 Å². The van der Waals surface area contributed by atoms with Crippen molar-refractivity contribution in [2.24, 2.45) is 0 Å². The zero-order chi connectivity index (χ0) is 11.8. The first kappa shape index (κ1) is 9.89. The molecular formula is C12H11N3O2. The average Bonchev–Trinajstić information content (AvgIpc) is 2.93. The number of benzene rings is 1. The van der Waals surface area contributed by atoms with E-state index in [2.05, 4.69) is 10.4 Å². The minimum Gasteiger partial charge on any atom is -0.494 e. The molecule has 0 aliphatic carbocycles. The van der Waals surface area contributed by atoms with Crippen molar-refractivity contribution < 1.29 is 9.53 Å². The Bertz CT molecular complexity index is 589. The van der Waals surface area contributed by atoms with E-state index in [0.29, 0.717) is 18.0 Å². The molecule has 1 aromatic carbocycles. The molecule has 1 aliphatic rings. The van der Waals surface area contributed by atoms with Crippen LogP contribution in [-0.2, 0) is 6.54 Å². The van der Waals surface area contributed by atoms with Crippen LogP contribution in [0.15, 0.2) is 30.5 Å². The third kappa shape index (κ3) is 1.39. The molecule has 1 amide bonds. The molecule has 0 bridgehead atoms. The van der Waals surface area contributed by atoms with Crippen LogP contribution in [0.4, 0.5) is 0 Å². The monoisotopic (exact) mass is 229 g/mol. The molecule has 2 aromatic rings. The molecule has 3 rings (SSSR count). The first-order chi connectivity index (χ1) is 8.31. The number of rotatable bonds is 2. The Labute approximate surface area is 98.0 Å². The largest absolute Gasteiger partial charge is 0.494 e. The van der Waals surface area contributed by atoms with Crippen molar-refractivity contribution >= 4 is 5.91 Å². The molecule has 86 valence electrons. The molecule has 1 aliphatic heterocycles. The Hall–Kier alpha value is -2.30. The number of para-hydroxylation sites is 2. The number of carbonyl (C=O) groups is 1. The van der Waals surface area contributed by atoms with Crippen molar-refractivity contribution in [3.63, 3.8) is 0 Å². The summed E-state index contributed by atoms with van der Waals surface area (Å²) in [6.45, 7) is 0.545. The molecule has 0 saturated heterocycles. The highest BCUT2D eigenvalue weighted by molar-refractivity contribution is 5.97.